The van der Waals surface area contributed by atoms with Crippen molar-refractivity contribution in [2.24, 2.45) is 0 Å². The molecule has 0 atom stereocenters. The van der Waals surface area contributed by atoms with Crippen LogP contribution in [0.1, 0.15) is 0 Å². The van der Waals surface area contributed by atoms with Crippen molar-refractivity contribution in [3.05, 3.63) is 24.3 Å². The third kappa shape index (κ3) is 2.41. The molecule has 2 rings (SSSR count). The van der Waals surface area contributed by atoms with Crippen molar-refractivity contribution in [1.29, 1.82) is 0 Å². The summed E-state index contributed by atoms with van der Waals surface area (Å²) in [5.41, 5.74) is 1.42. The third-order valence-corrected chi connectivity index (χ3v) is 2.30. The lowest BCUT2D eigenvalue weighted by atomic mass is 10.3. The van der Waals surface area contributed by atoms with Gasteiger partial charge in [0.05, 0.1) is 0 Å². The topological polar surface area (TPSA) is 72.6 Å². The number of nitrogens with zero attached hydrogens (tertiary/aromatic N) is 1. The van der Waals surface area contributed by atoms with Gasteiger partial charge in [0.2, 0.25) is 0 Å². The van der Waals surface area contributed by atoms with E-state index in [2.05, 4.69) is 9.72 Å². The number of benzene rings is 1. The fourth-order valence-electron chi connectivity index (χ4n) is 1.04. The number of thioether (sulfide) groups is 1. The van der Waals surface area contributed by atoms with Crippen LogP contribution in [-0.4, -0.2) is 22.2 Å². The second-order valence-corrected chi connectivity index (χ2v) is 3.49. The molecule has 0 bridgehead atoms. The quantitative estimate of drug-likeness (QED) is 0.491. The van der Waals surface area contributed by atoms with Gasteiger partial charge in [-0.25, -0.2) is 9.78 Å². The number of hydrogen-bond donors (Lipinski definition) is 1. The molecule has 0 spiro atoms. The first kappa shape index (κ1) is 9.85. The average Bonchev–Trinajstić information content (AvgIpc) is 2.59. The smallest absolute Gasteiger partial charge is 0.450 e. The van der Waals surface area contributed by atoms with Crippen LogP contribution < -0.4 is 0 Å². The summed E-state index contributed by atoms with van der Waals surface area (Å²) >= 11 is 1.09. The normalized spacial score (nSPS) is 10.4. The van der Waals surface area contributed by atoms with Crippen molar-refractivity contribution in [1.82, 2.24) is 4.98 Å². The minimum Gasteiger partial charge on any atom is -0.450 e. The molecule has 2 aromatic rings. The van der Waals surface area contributed by atoms with Crippen molar-refractivity contribution in [3.8, 4) is 0 Å². The molecule has 0 aliphatic carbocycles. The molecule has 0 saturated carbocycles. The van der Waals surface area contributed by atoms with Crippen molar-refractivity contribution < 1.29 is 19.1 Å². The molecule has 1 aromatic heterocycles. The molecule has 78 valence electrons. The van der Waals surface area contributed by atoms with Crippen LogP contribution in [0.4, 0.5) is 4.79 Å². The highest BCUT2D eigenvalue weighted by Crippen LogP contribution is 2.22. The van der Waals surface area contributed by atoms with Crippen molar-refractivity contribution in [2.75, 3.05) is 5.94 Å². The fourth-order valence-corrected chi connectivity index (χ4v) is 1.62. The zero-order chi connectivity index (χ0) is 10.7. The van der Waals surface area contributed by atoms with Crippen LogP contribution in [0.3, 0.4) is 0 Å². The minimum atomic E-state index is -1.31. The van der Waals surface area contributed by atoms with Crippen molar-refractivity contribution in [3.63, 3.8) is 0 Å². The highest BCUT2D eigenvalue weighted by molar-refractivity contribution is 7.98. The number of oxazole rings is 1. The number of fused-ring (bicyclic) bond motifs is 1. The van der Waals surface area contributed by atoms with E-state index in [0.717, 1.165) is 17.3 Å². The lowest BCUT2D eigenvalue weighted by Gasteiger charge is -1.94. The van der Waals surface area contributed by atoms with Gasteiger partial charge in [0, 0.05) is 0 Å². The molecule has 1 N–H and O–H groups in total. The predicted octanol–water partition coefficient (Wildman–Crippen LogP) is 2.57. The van der Waals surface area contributed by atoms with E-state index in [-0.39, 0.29) is 5.94 Å². The maximum absolute atomic E-state index is 10.1. The SMILES string of the molecule is O=C(O)OCSc1nc2ccccc2o1. The van der Waals surface area contributed by atoms with Crippen LogP contribution in [0.25, 0.3) is 11.1 Å². The average molecular weight is 225 g/mol. The maximum Gasteiger partial charge on any atom is 0.506 e. The summed E-state index contributed by atoms with van der Waals surface area (Å²) in [4.78, 5) is 14.2. The van der Waals surface area contributed by atoms with Gasteiger partial charge >= 0.3 is 6.16 Å². The Kier molecular flexibility index (Phi) is 2.77. The largest absolute Gasteiger partial charge is 0.506 e. The summed E-state index contributed by atoms with van der Waals surface area (Å²) < 4.78 is 9.65. The predicted molar refractivity (Wildman–Crippen MR) is 53.8 cm³/mol. The van der Waals surface area contributed by atoms with Crippen LogP contribution in [-0.2, 0) is 4.74 Å². The molecule has 1 heterocycles. The van der Waals surface area contributed by atoms with E-state index in [1.54, 1.807) is 6.07 Å². The molecular formula is C9H7NO4S. The van der Waals surface area contributed by atoms with Gasteiger partial charge in [0.1, 0.15) is 11.5 Å². The van der Waals surface area contributed by atoms with Crippen molar-refractivity contribution in [2.45, 2.75) is 5.22 Å². The van der Waals surface area contributed by atoms with Gasteiger partial charge < -0.3 is 14.3 Å². The first-order valence-electron chi connectivity index (χ1n) is 4.10. The molecule has 1 aromatic carbocycles. The molecule has 0 aliphatic heterocycles. The standard InChI is InChI=1S/C9H7NO4S/c11-9(12)13-5-15-8-10-6-3-1-2-4-7(6)14-8/h1-4H,5H2,(H,11,12). The van der Waals surface area contributed by atoms with Crippen LogP contribution in [0.2, 0.25) is 0 Å². The Morgan fingerprint density at radius 1 is 1.53 bits per heavy atom. The monoisotopic (exact) mass is 225 g/mol. The summed E-state index contributed by atoms with van der Waals surface area (Å²) in [6, 6.07) is 7.31. The lowest BCUT2D eigenvalue weighted by molar-refractivity contribution is 0.108. The zero-order valence-corrected chi connectivity index (χ0v) is 8.36. The Hall–Kier alpha value is -1.69. The van der Waals surface area contributed by atoms with E-state index in [4.69, 9.17) is 9.52 Å². The number of hydrogen-bond acceptors (Lipinski definition) is 5. The summed E-state index contributed by atoms with van der Waals surface area (Å²) in [5.74, 6) is -0.0256. The molecule has 15 heavy (non-hydrogen) atoms. The molecule has 5 nitrogen and oxygen atoms in total. The molecule has 0 fully saturated rings. The molecule has 0 saturated heterocycles. The molecule has 0 amide bonds. The maximum atomic E-state index is 10.1. The Morgan fingerprint density at radius 3 is 3.07 bits per heavy atom. The highest BCUT2D eigenvalue weighted by atomic mass is 32.2. The summed E-state index contributed by atoms with van der Waals surface area (Å²) in [5, 5.41) is 8.65. The van der Waals surface area contributed by atoms with Gasteiger partial charge in [-0.15, -0.1) is 0 Å². The second kappa shape index (κ2) is 4.22. The van der Waals surface area contributed by atoms with Crippen LogP contribution in [0.15, 0.2) is 33.9 Å². The lowest BCUT2D eigenvalue weighted by Crippen LogP contribution is -1.98. The zero-order valence-electron chi connectivity index (χ0n) is 7.54. The molecule has 0 radical (unpaired) electrons. The number of carbonyl (C=O) groups is 1. The van der Waals surface area contributed by atoms with Gasteiger partial charge in [-0.1, -0.05) is 12.1 Å². The fraction of sp³-hybridized carbons (Fsp3) is 0.111. The van der Waals surface area contributed by atoms with Gasteiger partial charge in [-0.05, 0) is 23.9 Å². The highest BCUT2D eigenvalue weighted by Gasteiger charge is 2.06. The Morgan fingerprint density at radius 2 is 2.33 bits per heavy atom. The first-order valence-corrected chi connectivity index (χ1v) is 5.08. The van der Waals surface area contributed by atoms with Gasteiger partial charge in [-0.2, -0.15) is 0 Å². The molecule has 0 aliphatic rings. The molecule has 0 unspecified atom stereocenters. The van der Waals surface area contributed by atoms with Crippen LogP contribution in [0, 0.1) is 0 Å². The summed E-state index contributed by atoms with van der Waals surface area (Å²) in [6.45, 7) is 0. The third-order valence-electron chi connectivity index (χ3n) is 1.64. The van der Waals surface area contributed by atoms with Gasteiger partial charge in [0.15, 0.2) is 5.58 Å². The summed E-state index contributed by atoms with van der Waals surface area (Å²) in [7, 11) is 0. The number of carboxylic acid groups (broad SMARTS) is 1. The van der Waals surface area contributed by atoms with Crippen molar-refractivity contribution >= 4 is 29.0 Å². The Bertz CT molecular complexity index is 449. The Labute approximate surface area is 89.0 Å². The molecular weight excluding hydrogens is 218 g/mol. The number of ether oxygens (including phenoxy) is 1. The van der Waals surface area contributed by atoms with Gasteiger partial charge in [-0.3, -0.25) is 0 Å². The van der Waals surface area contributed by atoms with Crippen LogP contribution in [0.5, 0.6) is 0 Å². The Balaban J connectivity index is 2.05. The van der Waals surface area contributed by atoms with Gasteiger partial charge in [0.25, 0.3) is 5.22 Å². The first-order chi connectivity index (χ1) is 7.25. The van der Waals surface area contributed by atoms with E-state index < -0.39 is 6.16 Å². The minimum absolute atomic E-state index is 0.0256. The number of para-hydroxylation sites is 2. The summed E-state index contributed by atoms with van der Waals surface area (Å²) in [6.07, 6.45) is -1.31. The number of aromatic nitrogens is 1. The van der Waals surface area contributed by atoms with E-state index >= 15 is 0 Å². The number of rotatable bonds is 3. The molecule has 6 heteroatoms. The second-order valence-electron chi connectivity index (χ2n) is 2.62. The van der Waals surface area contributed by atoms with E-state index in [9.17, 15) is 4.79 Å². The van der Waals surface area contributed by atoms with E-state index in [1.165, 1.54) is 0 Å². The van der Waals surface area contributed by atoms with E-state index in [1.807, 2.05) is 18.2 Å². The van der Waals surface area contributed by atoms with E-state index in [0.29, 0.717) is 10.8 Å². The van der Waals surface area contributed by atoms with Crippen LogP contribution >= 0.6 is 11.8 Å².